The molecule has 1 aliphatic heterocycles. The number of Topliss-reactive ketones (excluding diaryl/α,β-unsaturated/α-hetero) is 1. The molecule has 0 bridgehead atoms. The summed E-state index contributed by atoms with van der Waals surface area (Å²) in [6.45, 7) is 2.26. The van der Waals surface area contributed by atoms with Gasteiger partial charge in [0.05, 0.1) is 18.7 Å². The topological polar surface area (TPSA) is 57.6 Å². The maximum atomic E-state index is 13.3. The number of fused-ring (bicyclic) bond motifs is 1. The molecule has 0 fully saturated rings. The molecule has 1 heterocycles. The first-order valence-electron chi connectivity index (χ1n) is 9.46. The largest absolute Gasteiger partial charge is 0.375 e. The molecule has 1 N–H and O–H groups in total. The maximum absolute atomic E-state index is 13.3. The highest BCUT2D eigenvalue weighted by molar-refractivity contribution is 9.10. The molecule has 0 spiro atoms. The zero-order valence-electron chi connectivity index (χ0n) is 16.2. The van der Waals surface area contributed by atoms with Gasteiger partial charge in [-0.1, -0.05) is 45.8 Å². The summed E-state index contributed by atoms with van der Waals surface area (Å²) >= 11 is 3.38. The van der Waals surface area contributed by atoms with Gasteiger partial charge in [-0.05, 0) is 55.0 Å². The van der Waals surface area contributed by atoms with Crippen LogP contribution >= 0.6 is 15.9 Å². The Morgan fingerprint density at radius 2 is 1.73 bits per heavy atom. The molecule has 1 aliphatic rings. The fourth-order valence-corrected chi connectivity index (χ4v) is 4.06. The van der Waals surface area contributed by atoms with Crippen molar-refractivity contribution in [3.05, 3.63) is 99.3 Å². The van der Waals surface area contributed by atoms with Gasteiger partial charge in [0.2, 0.25) is 0 Å². The monoisotopic (exact) mass is 467 g/mol. The highest BCUT2D eigenvalue weighted by Crippen LogP contribution is 2.44. The Labute approximate surface area is 182 Å². The van der Waals surface area contributed by atoms with Crippen LogP contribution < -0.4 is 4.90 Å². The summed E-state index contributed by atoms with van der Waals surface area (Å²) in [7, 11) is 0. The maximum Gasteiger partial charge on any atom is 0.264 e. The quantitative estimate of drug-likeness (QED) is 0.542. The summed E-state index contributed by atoms with van der Waals surface area (Å²) in [5.74, 6) is -1.44. The van der Waals surface area contributed by atoms with Crippen LogP contribution in [0.5, 0.6) is 0 Å². The Morgan fingerprint density at radius 1 is 1.07 bits per heavy atom. The second-order valence-electron chi connectivity index (χ2n) is 7.51. The molecule has 30 heavy (non-hydrogen) atoms. The van der Waals surface area contributed by atoms with Crippen LogP contribution in [0.25, 0.3) is 0 Å². The van der Waals surface area contributed by atoms with Gasteiger partial charge in [-0.25, -0.2) is 4.39 Å². The van der Waals surface area contributed by atoms with E-state index < -0.39 is 29.5 Å². The predicted molar refractivity (Wildman–Crippen MR) is 116 cm³/mol. The smallest absolute Gasteiger partial charge is 0.264 e. The van der Waals surface area contributed by atoms with Gasteiger partial charge in [-0.2, -0.15) is 0 Å². The molecule has 6 heteroatoms. The summed E-state index contributed by atoms with van der Waals surface area (Å²) in [5.41, 5.74) is 1.22. The van der Waals surface area contributed by atoms with E-state index in [9.17, 15) is 19.1 Å². The van der Waals surface area contributed by atoms with E-state index in [0.717, 1.165) is 11.1 Å². The van der Waals surface area contributed by atoms with Crippen molar-refractivity contribution in [1.82, 2.24) is 0 Å². The van der Waals surface area contributed by atoms with E-state index in [2.05, 4.69) is 15.9 Å². The SMILES string of the molecule is Cc1ccc(CN2C(=O)C(O)(CC(=O)c3ccc(F)cc3)c3cc(Br)ccc32)cc1. The Morgan fingerprint density at radius 3 is 2.40 bits per heavy atom. The van der Waals surface area contributed by atoms with Gasteiger partial charge in [0.25, 0.3) is 5.91 Å². The van der Waals surface area contributed by atoms with Crippen LogP contribution in [0.2, 0.25) is 0 Å². The van der Waals surface area contributed by atoms with Crippen LogP contribution in [0.3, 0.4) is 0 Å². The molecule has 0 saturated heterocycles. The number of nitrogens with zero attached hydrogens (tertiary/aromatic N) is 1. The number of aliphatic hydroxyl groups is 1. The zero-order valence-corrected chi connectivity index (χ0v) is 17.8. The third-order valence-electron chi connectivity index (χ3n) is 5.34. The van der Waals surface area contributed by atoms with Crippen molar-refractivity contribution >= 4 is 33.3 Å². The molecule has 1 unspecified atom stereocenters. The van der Waals surface area contributed by atoms with E-state index in [-0.39, 0.29) is 12.1 Å². The summed E-state index contributed by atoms with van der Waals surface area (Å²) in [6, 6.07) is 18.1. The first-order chi connectivity index (χ1) is 14.3. The van der Waals surface area contributed by atoms with Crippen molar-refractivity contribution in [3.8, 4) is 0 Å². The molecule has 0 aromatic heterocycles. The van der Waals surface area contributed by atoms with E-state index >= 15 is 0 Å². The number of ketones is 1. The molecule has 0 aliphatic carbocycles. The lowest BCUT2D eigenvalue weighted by Gasteiger charge is -2.23. The van der Waals surface area contributed by atoms with Gasteiger partial charge < -0.3 is 10.0 Å². The number of hydrogen-bond acceptors (Lipinski definition) is 3. The van der Waals surface area contributed by atoms with Crippen LogP contribution in [0.15, 0.2) is 71.2 Å². The highest BCUT2D eigenvalue weighted by Gasteiger charge is 2.51. The van der Waals surface area contributed by atoms with Gasteiger partial charge in [0.15, 0.2) is 11.4 Å². The number of rotatable bonds is 5. The van der Waals surface area contributed by atoms with Crippen molar-refractivity contribution < 1.29 is 19.1 Å². The average molecular weight is 468 g/mol. The minimum atomic E-state index is -1.99. The fourth-order valence-electron chi connectivity index (χ4n) is 3.70. The molecule has 3 aromatic rings. The molecule has 152 valence electrons. The van der Waals surface area contributed by atoms with E-state index in [1.807, 2.05) is 31.2 Å². The Kier molecular flexibility index (Phi) is 5.30. The molecule has 0 saturated carbocycles. The summed E-state index contributed by atoms with van der Waals surface area (Å²) < 4.78 is 13.9. The van der Waals surface area contributed by atoms with E-state index in [1.54, 1.807) is 18.2 Å². The minimum Gasteiger partial charge on any atom is -0.375 e. The van der Waals surface area contributed by atoms with E-state index in [1.165, 1.54) is 29.2 Å². The number of halogens is 2. The lowest BCUT2D eigenvalue weighted by Crippen LogP contribution is -2.41. The normalized spacial score (nSPS) is 17.9. The standard InChI is InChI=1S/C24H19BrFNO3/c1-15-2-4-16(5-3-15)14-27-21-11-8-18(25)12-20(21)24(30,23(27)29)13-22(28)17-6-9-19(26)10-7-17/h2-12,30H,13-14H2,1H3. The van der Waals surface area contributed by atoms with Crippen LogP contribution in [0.1, 0.15) is 33.5 Å². The number of carbonyl (C=O) groups excluding carboxylic acids is 2. The second-order valence-corrected chi connectivity index (χ2v) is 8.42. The molecule has 0 radical (unpaired) electrons. The van der Waals surface area contributed by atoms with Crippen LogP contribution in [-0.4, -0.2) is 16.8 Å². The third kappa shape index (κ3) is 3.68. The predicted octanol–water partition coefficient (Wildman–Crippen LogP) is 4.90. The average Bonchev–Trinajstić information content (AvgIpc) is 2.91. The molecular formula is C24H19BrFNO3. The Balaban J connectivity index is 1.70. The fraction of sp³-hybridized carbons (Fsp3) is 0.167. The van der Waals surface area contributed by atoms with E-state index in [0.29, 0.717) is 15.7 Å². The number of hydrogen-bond donors (Lipinski definition) is 1. The van der Waals surface area contributed by atoms with Crippen molar-refractivity contribution in [1.29, 1.82) is 0 Å². The Hall–Kier alpha value is -2.83. The van der Waals surface area contributed by atoms with Crippen LogP contribution in [0, 0.1) is 12.7 Å². The minimum absolute atomic E-state index is 0.242. The summed E-state index contributed by atoms with van der Waals surface area (Å²) in [6.07, 6.45) is -0.425. The molecule has 1 atom stereocenters. The highest BCUT2D eigenvalue weighted by atomic mass is 79.9. The van der Waals surface area contributed by atoms with Crippen molar-refractivity contribution in [2.24, 2.45) is 0 Å². The second kappa shape index (κ2) is 7.78. The number of carbonyl (C=O) groups is 2. The van der Waals surface area contributed by atoms with Gasteiger partial charge >= 0.3 is 0 Å². The third-order valence-corrected chi connectivity index (χ3v) is 5.83. The first-order valence-corrected chi connectivity index (χ1v) is 10.3. The summed E-state index contributed by atoms with van der Waals surface area (Å²) in [4.78, 5) is 27.6. The molecule has 4 rings (SSSR count). The van der Waals surface area contributed by atoms with Crippen molar-refractivity contribution in [3.63, 3.8) is 0 Å². The number of aryl methyl sites for hydroxylation is 1. The number of benzene rings is 3. The van der Waals surface area contributed by atoms with Crippen molar-refractivity contribution in [2.45, 2.75) is 25.5 Å². The van der Waals surface area contributed by atoms with Gasteiger partial charge in [-0.3, -0.25) is 9.59 Å². The lowest BCUT2D eigenvalue weighted by molar-refractivity contribution is -0.136. The summed E-state index contributed by atoms with van der Waals surface area (Å²) in [5, 5.41) is 11.4. The number of anilines is 1. The molecular weight excluding hydrogens is 449 g/mol. The van der Waals surface area contributed by atoms with Gasteiger partial charge in [-0.15, -0.1) is 0 Å². The van der Waals surface area contributed by atoms with Crippen LogP contribution in [0.4, 0.5) is 10.1 Å². The molecule has 4 nitrogen and oxygen atoms in total. The Bertz CT molecular complexity index is 1130. The van der Waals surface area contributed by atoms with Crippen molar-refractivity contribution in [2.75, 3.05) is 4.90 Å². The van der Waals surface area contributed by atoms with Crippen LogP contribution in [-0.2, 0) is 16.9 Å². The van der Waals surface area contributed by atoms with Gasteiger partial charge in [0.1, 0.15) is 5.82 Å². The molecule has 3 aromatic carbocycles. The van der Waals surface area contributed by atoms with E-state index in [4.69, 9.17) is 0 Å². The number of amides is 1. The molecule has 1 amide bonds. The lowest BCUT2D eigenvalue weighted by atomic mass is 9.88. The van der Waals surface area contributed by atoms with Gasteiger partial charge in [0, 0.05) is 15.6 Å². The first kappa shape index (κ1) is 20.4. The zero-order chi connectivity index (χ0) is 21.5.